The molecule has 2 aromatic rings. The van der Waals surface area contributed by atoms with Crippen LogP contribution in [0.15, 0.2) is 47.7 Å². The highest BCUT2D eigenvalue weighted by Gasteiger charge is 2.23. The molecule has 146 valence electrons. The lowest BCUT2D eigenvalue weighted by molar-refractivity contribution is 0.415. The molecule has 0 aliphatic carbocycles. The van der Waals surface area contributed by atoms with Gasteiger partial charge in [-0.25, -0.2) is 0 Å². The number of hydrogen-bond donors (Lipinski definition) is 2. The third kappa shape index (κ3) is 5.64. The summed E-state index contributed by atoms with van der Waals surface area (Å²) in [6.45, 7) is 4.85. The molecule has 0 radical (unpaired) electrons. The summed E-state index contributed by atoms with van der Waals surface area (Å²) in [5.41, 5.74) is 1.23. The van der Waals surface area contributed by atoms with Crippen LogP contribution in [-0.4, -0.2) is 56.1 Å². The summed E-state index contributed by atoms with van der Waals surface area (Å²) in [7, 11) is 3.53. The van der Waals surface area contributed by atoms with Gasteiger partial charge in [0.25, 0.3) is 0 Å². The molecule has 27 heavy (non-hydrogen) atoms. The van der Waals surface area contributed by atoms with Crippen molar-refractivity contribution < 1.29 is 4.74 Å². The highest BCUT2D eigenvalue weighted by atomic mass is 16.5. The number of methoxy groups -OCH3 is 1. The first-order chi connectivity index (χ1) is 13.3. The van der Waals surface area contributed by atoms with Crippen molar-refractivity contribution >= 4 is 11.6 Å². The zero-order chi connectivity index (χ0) is 18.9. The van der Waals surface area contributed by atoms with E-state index < -0.39 is 0 Å². The minimum absolute atomic E-state index is 0.610. The van der Waals surface area contributed by atoms with Gasteiger partial charge in [-0.1, -0.05) is 6.07 Å². The minimum atomic E-state index is 0.610. The molecule has 3 rings (SSSR count). The molecule has 2 N–H and O–H groups in total. The van der Waals surface area contributed by atoms with Crippen LogP contribution in [0.25, 0.3) is 0 Å². The van der Waals surface area contributed by atoms with Gasteiger partial charge in [-0.15, -0.1) is 0 Å². The predicted molar refractivity (Wildman–Crippen MR) is 110 cm³/mol. The van der Waals surface area contributed by atoms with Crippen LogP contribution in [0.1, 0.15) is 12.8 Å². The van der Waals surface area contributed by atoms with Gasteiger partial charge in [-0.2, -0.15) is 5.10 Å². The summed E-state index contributed by atoms with van der Waals surface area (Å²) in [5.74, 6) is 2.39. The molecule has 1 unspecified atom stereocenters. The number of anilines is 1. The van der Waals surface area contributed by atoms with Crippen LogP contribution < -0.4 is 20.3 Å². The van der Waals surface area contributed by atoms with E-state index in [2.05, 4.69) is 43.8 Å². The summed E-state index contributed by atoms with van der Waals surface area (Å²) < 4.78 is 7.28. The molecule has 1 aromatic heterocycles. The normalized spacial score (nSPS) is 17.2. The fraction of sp³-hybridized carbons (Fsp3) is 0.500. The number of aryl methyl sites for hydroxylation is 1. The zero-order valence-corrected chi connectivity index (χ0v) is 16.3. The Morgan fingerprint density at radius 3 is 3.04 bits per heavy atom. The summed E-state index contributed by atoms with van der Waals surface area (Å²) in [6, 6.07) is 10.2. The van der Waals surface area contributed by atoms with Crippen molar-refractivity contribution in [3.8, 4) is 5.75 Å². The Hall–Kier alpha value is -2.70. The van der Waals surface area contributed by atoms with E-state index in [4.69, 9.17) is 4.74 Å². The summed E-state index contributed by atoms with van der Waals surface area (Å²) in [4.78, 5) is 6.75. The molecule has 1 aliphatic rings. The predicted octanol–water partition coefficient (Wildman–Crippen LogP) is 1.97. The molecule has 0 saturated carbocycles. The van der Waals surface area contributed by atoms with Gasteiger partial charge in [-0.05, 0) is 37.0 Å². The molecule has 1 saturated heterocycles. The second kappa shape index (κ2) is 9.85. The van der Waals surface area contributed by atoms with Gasteiger partial charge < -0.3 is 20.3 Å². The first kappa shape index (κ1) is 19.1. The molecule has 1 aromatic carbocycles. The SMILES string of the molecule is CN=C(NCCCn1cccn1)NCC1CCN(c2cccc(OC)c2)C1. The Labute approximate surface area is 161 Å². The van der Waals surface area contributed by atoms with Crippen molar-refractivity contribution in [2.75, 3.05) is 45.2 Å². The van der Waals surface area contributed by atoms with Crippen LogP contribution >= 0.6 is 0 Å². The van der Waals surface area contributed by atoms with E-state index in [-0.39, 0.29) is 0 Å². The average Bonchev–Trinajstić information content (AvgIpc) is 3.39. The van der Waals surface area contributed by atoms with Crippen LogP contribution in [0.5, 0.6) is 5.75 Å². The second-order valence-corrected chi connectivity index (χ2v) is 6.80. The van der Waals surface area contributed by atoms with Crippen LogP contribution in [0.3, 0.4) is 0 Å². The zero-order valence-electron chi connectivity index (χ0n) is 16.3. The Morgan fingerprint density at radius 2 is 2.26 bits per heavy atom. The fourth-order valence-corrected chi connectivity index (χ4v) is 3.38. The summed E-state index contributed by atoms with van der Waals surface area (Å²) in [6.07, 6.45) is 5.99. The number of nitrogens with one attached hydrogen (secondary N) is 2. The van der Waals surface area contributed by atoms with Gasteiger partial charge in [0.15, 0.2) is 5.96 Å². The van der Waals surface area contributed by atoms with E-state index in [9.17, 15) is 0 Å². The fourth-order valence-electron chi connectivity index (χ4n) is 3.38. The van der Waals surface area contributed by atoms with Gasteiger partial charge in [0.2, 0.25) is 0 Å². The van der Waals surface area contributed by atoms with E-state index in [0.29, 0.717) is 5.92 Å². The number of guanidine groups is 1. The molecule has 7 heteroatoms. The number of ether oxygens (including phenoxy) is 1. The lowest BCUT2D eigenvalue weighted by Gasteiger charge is -2.20. The first-order valence-electron chi connectivity index (χ1n) is 9.59. The number of aliphatic imine (C=N–C) groups is 1. The lowest BCUT2D eigenvalue weighted by Crippen LogP contribution is -2.40. The number of nitrogens with zero attached hydrogens (tertiary/aromatic N) is 4. The Balaban J connectivity index is 1.37. The molecule has 0 spiro atoms. The molecule has 2 heterocycles. The van der Waals surface area contributed by atoms with Gasteiger partial charge in [0.05, 0.1) is 7.11 Å². The van der Waals surface area contributed by atoms with E-state index in [1.807, 2.05) is 36.3 Å². The Kier molecular flexibility index (Phi) is 6.96. The number of hydrogen-bond acceptors (Lipinski definition) is 4. The second-order valence-electron chi connectivity index (χ2n) is 6.80. The first-order valence-corrected chi connectivity index (χ1v) is 9.59. The van der Waals surface area contributed by atoms with Gasteiger partial charge in [0.1, 0.15) is 5.75 Å². The molecule has 1 atom stereocenters. The van der Waals surface area contributed by atoms with Crippen LogP contribution in [-0.2, 0) is 6.54 Å². The smallest absolute Gasteiger partial charge is 0.190 e. The standard InChI is InChI=1S/C20H30N6O/c1-21-20(22-9-4-11-26-12-5-10-24-26)23-15-17-8-13-25(16-17)18-6-3-7-19(14-18)27-2/h3,5-7,10,12,14,17H,4,8-9,11,13,15-16H2,1-2H3,(H2,21,22,23). The monoisotopic (exact) mass is 370 g/mol. The van der Waals surface area contributed by atoms with Crippen LogP contribution in [0.2, 0.25) is 0 Å². The summed E-state index contributed by atoms with van der Waals surface area (Å²) in [5, 5.41) is 11.1. The van der Waals surface area contributed by atoms with Crippen LogP contribution in [0, 0.1) is 5.92 Å². The van der Waals surface area contributed by atoms with Crippen molar-refractivity contribution in [3.63, 3.8) is 0 Å². The topological polar surface area (TPSA) is 66.7 Å². The van der Waals surface area contributed by atoms with Crippen molar-refractivity contribution in [1.29, 1.82) is 0 Å². The van der Waals surface area contributed by atoms with Crippen molar-refractivity contribution in [1.82, 2.24) is 20.4 Å². The molecule has 1 fully saturated rings. The maximum Gasteiger partial charge on any atom is 0.190 e. The molecular weight excluding hydrogens is 340 g/mol. The van der Waals surface area contributed by atoms with Gasteiger partial charge in [-0.3, -0.25) is 9.67 Å². The molecule has 1 aliphatic heterocycles. The largest absolute Gasteiger partial charge is 0.497 e. The van der Waals surface area contributed by atoms with Crippen molar-refractivity contribution in [2.24, 2.45) is 10.9 Å². The molecule has 7 nitrogen and oxygen atoms in total. The van der Waals surface area contributed by atoms with Crippen molar-refractivity contribution in [2.45, 2.75) is 19.4 Å². The van der Waals surface area contributed by atoms with Gasteiger partial charge >= 0.3 is 0 Å². The Morgan fingerprint density at radius 1 is 1.33 bits per heavy atom. The maximum absolute atomic E-state index is 5.34. The minimum Gasteiger partial charge on any atom is -0.497 e. The maximum atomic E-state index is 5.34. The number of benzene rings is 1. The third-order valence-corrected chi connectivity index (χ3v) is 4.90. The van der Waals surface area contributed by atoms with E-state index in [0.717, 1.165) is 50.9 Å². The molecular formula is C20H30N6O. The van der Waals surface area contributed by atoms with Crippen molar-refractivity contribution in [3.05, 3.63) is 42.7 Å². The van der Waals surface area contributed by atoms with Gasteiger partial charge in [0, 0.05) is 63.9 Å². The third-order valence-electron chi connectivity index (χ3n) is 4.90. The molecule has 0 bridgehead atoms. The van der Waals surface area contributed by atoms with E-state index >= 15 is 0 Å². The highest BCUT2D eigenvalue weighted by molar-refractivity contribution is 5.79. The Bertz CT molecular complexity index is 715. The average molecular weight is 371 g/mol. The molecule has 0 amide bonds. The quantitative estimate of drug-likeness (QED) is 0.423. The van der Waals surface area contributed by atoms with Crippen LogP contribution in [0.4, 0.5) is 5.69 Å². The van der Waals surface area contributed by atoms with E-state index in [1.54, 1.807) is 7.11 Å². The highest BCUT2D eigenvalue weighted by Crippen LogP contribution is 2.26. The summed E-state index contributed by atoms with van der Waals surface area (Å²) >= 11 is 0. The number of aromatic nitrogens is 2. The van der Waals surface area contributed by atoms with E-state index in [1.165, 1.54) is 12.1 Å². The number of rotatable bonds is 8. The lowest BCUT2D eigenvalue weighted by atomic mass is 10.1.